The molecule has 7 heteroatoms. The van der Waals surface area contributed by atoms with E-state index in [4.69, 9.17) is 0 Å². The van der Waals surface area contributed by atoms with Crippen molar-refractivity contribution in [1.29, 1.82) is 0 Å². The van der Waals surface area contributed by atoms with Gasteiger partial charge in [0, 0.05) is 11.1 Å². The quantitative estimate of drug-likeness (QED) is 0.519. The van der Waals surface area contributed by atoms with Crippen molar-refractivity contribution in [3.63, 3.8) is 0 Å². The van der Waals surface area contributed by atoms with Crippen molar-refractivity contribution in [3.8, 4) is 5.69 Å². The fourth-order valence-corrected chi connectivity index (χ4v) is 3.72. The first-order valence-electron chi connectivity index (χ1n) is 8.89. The zero-order valence-electron chi connectivity index (χ0n) is 15.6. The Morgan fingerprint density at radius 1 is 1.04 bits per heavy atom. The van der Waals surface area contributed by atoms with Crippen LogP contribution in [-0.4, -0.2) is 31.9 Å². The van der Waals surface area contributed by atoms with Gasteiger partial charge in [0.15, 0.2) is 0 Å². The Kier molecular flexibility index (Phi) is 5.08. The molecule has 3 aromatic carbocycles. The number of amides is 1. The van der Waals surface area contributed by atoms with E-state index in [1.165, 1.54) is 11.8 Å². The number of aryl methyl sites for hydroxylation is 1. The third-order valence-corrected chi connectivity index (χ3v) is 5.56. The van der Waals surface area contributed by atoms with Crippen LogP contribution in [0.4, 0.5) is 5.69 Å². The van der Waals surface area contributed by atoms with Gasteiger partial charge in [0.25, 0.3) is 0 Å². The Morgan fingerprint density at radius 2 is 1.82 bits per heavy atom. The van der Waals surface area contributed by atoms with Crippen molar-refractivity contribution in [1.82, 2.24) is 20.2 Å². The average molecular weight is 389 g/mol. The van der Waals surface area contributed by atoms with Crippen molar-refractivity contribution in [3.05, 3.63) is 71.8 Å². The molecule has 1 amide bonds. The van der Waals surface area contributed by atoms with Crippen molar-refractivity contribution in [2.75, 3.05) is 11.1 Å². The summed E-state index contributed by atoms with van der Waals surface area (Å²) in [5, 5.41) is 17.6. The zero-order chi connectivity index (χ0) is 19.5. The number of tetrazole rings is 1. The number of fused-ring (bicyclic) bond motifs is 1. The minimum atomic E-state index is -0.100. The van der Waals surface area contributed by atoms with Crippen LogP contribution < -0.4 is 5.32 Å². The summed E-state index contributed by atoms with van der Waals surface area (Å²) >= 11 is 1.31. The normalized spacial score (nSPS) is 10.9. The molecule has 0 aliphatic rings. The standard InChI is InChI=1S/C21H19N5OS/c1-14-7-5-12-19(15(14)2)26-21(23-24-25-26)28-13-20(27)22-18-11-6-9-16-8-3-4-10-17(16)18/h3-12H,13H2,1-2H3,(H,22,27). The van der Waals surface area contributed by atoms with E-state index in [0.717, 1.165) is 33.3 Å². The number of rotatable bonds is 5. The number of thioether (sulfide) groups is 1. The minimum absolute atomic E-state index is 0.100. The van der Waals surface area contributed by atoms with Crippen molar-refractivity contribution >= 4 is 34.1 Å². The lowest BCUT2D eigenvalue weighted by molar-refractivity contribution is -0.113. The monoisotopic (exact) mass is 389 g/mol. The van der Waals surface area contributed by atoms with Crippen LogP contribution >= 0.6 is 11.8 Å². The molecule has 28 heavy (non-hydrogen) atoms. The first kappa shape index (κ1) is 18.2. The van der Waals surface area contributed by atoms with Crippen LogP contribution in [0.15, 0.2) is 65.8 Å². The molecule has 0 bridgehead atoms. The molecular formula is C21H19N5OS. The molecule has 1 N–H and O–H groups in total. The van der Waals surface area contributed by atoms with Gasteiger partial charge in [-0.05, 0) is 52.9 Å². The van der Waals surface area contributed by atoms with E-state index in [1.54, 1.807) is 4.68 Å². The number of aromatic nitrogens is 4. The van der Waals surface area contributed by atoms with E-state index in [2.05, 4.69) is 20.8 Å². The predicted molar refractivity (Wildman–Crippen MR) is 112 cm³/mol. The maximum atomic E-state index is 12.5. The van der Waals surface area contributed by atoms with Crippen LogP contribution in [0.1, 0.15) is 11.1 Å². The number of anilines is 1. The number of nitrogens with zero attached hydrogens (tertiary/aromatic N) is 4. The highest BCUT2D eigenvalue weighted by molar-refractivity contribution is 7.99. The van der Waals surface area contributed by atoms with Crippen LogP contribution in [0.2, 0.25) is 0 Å². The van der Waals surface area contributed by atoms with Crippen molar-refractivity contribution < 1.29 is 4.79 Å². The molecule has 0 atom stereocenters. The van der Waals surface area contributed by atoms with Gasteiger partial charge in [-0.15, -0.1) is 5.10 Å². The van der Waals surface area contributed by atoms with Gasteiger partial charge in [-0.3, -0.25) is 4.79 Å². The maximum absolute atomic E-state index is 12.5. The lowest BCUT2D eigenvalue weighted by Gasteiger charge is -2.10. The second-order valence-corrected chi connectivity index (χ2v) is 7.40. The Hall–Kier alpha value is -3.19. The first-order valence-corrected chi connectivity index (χ1v) is 9.87. The van der Waals surface area contributed by atoms with Gasteiger partial charge in [0.2, 0.25) is 11.1 Å². The molecule has 0 radical (unpaired) electrons. The molecule has 140 valence electrons. The Bertz CT molecular complexity index is 1150. The molecule has 0 unspecified atom stereocenters. The summed E-state index contributed by atoms with van der Waals surface area (Å²) in [6.45, 7) is 4.08. The minimum Gasteiger partial charge on any atom is -0.325 e. The van der Waals surface area contributed by atoms with Crippen LogP contribution in [0.25, 0.3) is 16.5 Å². The van der Waals surface area contributed by atoms with Gasteiger partial charge in [-0.25, -0.2) is 0 Å². The van der Waals surface area contributed by atoms with Crippen LogP contribution in [0.3, 0.4) is 0 Å². The van der Waals surface area contributed by atoms with E-state index in [1.807, 2.05) is 74.5 Å². The van der Waals surface area contributed by atoms with E-state index in [9.17, 15) is 4.79 Å². The molecular weight excluding hydrogens is 370 g/mol. The molecule has 0 fully saturated rings. The van der Waals surface area contributed by atoms with Gasteiger partial charge in [0.05, 0.1) is 11.4 Å². The largest absolute Gasteiger partial charge is 0.325 e. The van der Waals surface area contributed by atoms with Crippen LogP contribution in [0, 0.1) is 13.8 Å². The third-order valence-electron chi connectivity index (χ3n) is 4.64. The summed E-state index contributed by atoms with van der Waals surface area (Å²) in [7, 11) is 0. The Balaban J connectivity index is 1.49. The number of hydrogen-bond acceptors (Lipinski definition) is 5. The molecule has 0 saturated heterocycles. The molecule has 0 saturated carbocycles. The number of hydrogen-bond donors (Lipinski definition) is 1. The predicted octanol–water partition coefficient (Wildman–Crippen LogP) is 4.16. The number of carbonyl (C=O) groups is 1. The Morgan fingerprint density at radius 3 is 2.71 bits per heavy atom. The smallest absolute Gasteiger partial charge is 0.234 e. The summed E-state index contributed by atoms with van der Waals surface area (Å²) in [6.07, 6.45) is 0. The fourth-order valence-electron chi connectivity index (χ4n) is 3.04. The lowest BCUT2D eigenvalue weighted by Crippen LogP contribution is -2.15. The van der Waals surface area contributed by atoms with E-state index < -0.39 is 0 Å². The molecule has 4 rings (SSSR count). The second-order valence-electron chi connectivity index (χ2n) is 6.46. The zero-order valence-corrected chi connectivity index (χ0v) is 16.4. The lowest BCUT2D eigenvalue weighted by atomic mass is 10.1. The highest BCUT2D eigenvalue weighted by atomic mass is 32.2. The second kappa shape index (κ2) is 7.82. The van der Waals surface area contributed by atoms with E-state index in [-0.39, 0.29) is 11.7 Å². The SMILES string of the molecule is Cc1cccc(-n2nnnc2SCC(=O)Nc2cccc3ccccc23)c1C. The molecule has 0 spiro atoms. The molecule has 4 aromatic rings. The maximum Gasteiger partial charge on any atom is 0.234 e. The summed E-state index contributed by atoms with van der Waals surface area (Å²) in [4.78, 5) is 12.5. The van der Waals surface area contributed by atoms with Gasteiger partial charge >= 0.3 is 0 Å². The molecule has 1 heterocycles. The van der Waals surface area contributed by atoms with Crippen LogP contribution in [-0.2, 0) is 4.79 Å². The summed E-state index contributed by atoms with van der Waals surface area (Å²) < 4.78 is 1.68. The topological polar surface area (TPSA) is 72.7 Å². The number of benzene rings is 3. The Labute approximate surface area is 167 Å². The van der Waals surface area contributed by atoms with E-state index >= 15 is 0 Å². The van der Waals surface area contributed by atoms with Crippen LogP contribution in [0.5, 0.6) is 0 Å². The molecule has 6 nitrogen and oxygen atoms in total. The van der Waals surface area contributed by atoms with Gasteiger partial charge < -0.3 is 5.32 Å². The summed E-state index contributed by atoms with van der Waals surface area (Å²) in [6, 6.07) is 19.8. The molecule has 1 aromatic heterocycles. The van der Waals surface area contributed by atoms with E-state index in [0.29, 0.717) is 5.16 Å². The average Bonchev–Trinajstić information content (AvgIpc) is 3.17. The summed E-state index contributed by atoms with van der Waals surface area (Å²) in [5.41, 5.74) is 3.99. The molecule has 0 aliphatic heterocycles. The third kappa shape index (κ3) is 3.61. The highest BCUT2D eigenvalue weighted by Gasteiger charge is 2.14. The van der Waals surface area contributed by atoms with Gasteiger partial charge in [-0.2, -0.15) is 4.68 Å². The summed E-state index contributed by atoms with van der Waals surface area (Å²) in [5.74, 6) is 0.117. The number of carbonyl (C=O) groups excluding carboxylic acids is 1. The van der Waals surface area contributed by atoms with Gasteiger partial charge in [-0.1, -0.05) is 60.3 Å². The fraction of sp³-hybridized carbons (Fsp3) is 0.143. The van der Waals surface area contributed by atoms with Gasteiger partial charge in [0.1, 0.15) is 0 Å². The van der Waals surface area contributed by atoms with Crippen molar-refractivity contribution in [2.45, 2.75) is 19.0 Å². The first-order chi connectivity index (χ1) is 13.6. The molecule has 0 aliphatic carbocycles. The highest BCUT2D eigenvalue weighted by Crippen LogP contribution is 2.25. The number of nitrogens with one attached hydrogen (secondary N) is 1. The van der Waals surface area contributed by atoms with Crippen molar-refractivity contribution in [2.24, 2.45) is 0 Å².